The molecule has 1 saturated heterocycles. The second-order valence-electron chi connectivity index (χ2n) is 4.44. The van der Waals surface area contributed by atoms with Crippen LogP contribution < -0.4 is 10.6 Å². The Morgan fingerprint density at radius 1 is 1.53 bits per heavy atom. The van der Waals surface area contributed by atoms with Gasteiger partial charge in [-0.1, -0.05) is 6.92 Å². The van der Waals surface area contributed by atoms with Gasteiger partial charge in [0.2, 0.25) is 5.95 Å². The smallest absolute Gasteiger partial charge is 0.223 e. The van der Waals surface area contributed by atoms with Gasteiger partial charge in [-0.05, 0) is 30.7 Å². The first-order valence-electron chi connectivity index (χ1n) is 6.07. The number of nitrogens with two attached hydrogens (primary N) is 1. The molecule has 3 heterocycles. The molecule has 0 saturated carbocycles. The van der Waals surface area contributed by atoms with Crippen LogP contribution in [0.1, 0.15) is 26.2 Å². The van der Waals surface area contributed by atoms with Gasteiger partial charge in [0.1, 0.15) is 10.6 Å². The number of fused-ring (bicyclic) bond motifs is 1. The van der Waals surface area contributed by atoms with E-state index in [0.29, 0.717) is 12.0 Å². The minimum Gasteiger partial charge on any atom is -0.368 e. The lowest BCUT2D eigenvalue weighted by atomic mass is 10.1. The SMILES string of the molecule is CCC1CCCN1c1nc(N)nc2sccc12. The summed E-state index contributed by atoms with van der Waals surface area (Å²) < 4.78 is 0. The number of hydrogen-bond acceptors (Lipinski definition) is 5. The minimum atomic E-state index is 0.386. The number of aromatic nitrogens is 2. The van der Waals surface area contributed by atoms with Crippen molar-refractivity contribution in [2.45, 2.75) is 32.2 Å². The van der Waals surface area contributed by atoms with Crippen molar-refractivity contribution in [3.63, 3.8) is 0 Å². The number of rotatable bonds is 2. The third kappa shape index (κ3) is 1.74. The van der Waals surface area contributed by atoms with Crippen LogP contribution in [0, 0.1) is 0 Å². The maximum absolute atomic E-state index is 5.80. The molecule has 4 nitrogen and oxygen atoms in total. The Hall–Kier alpha value is -1.36. The molecule has 1 aliphatic heterocycles. The maximum Gasteiger partial charge on any atom is 0.223 e. The van der Waals surface area contributed by atoms with Crippen LogP contribution in [0.3, 0.4) is 0 Å². The number of nitrogens with zero attached hydrogens (tertiary/aromatic N) is 3. The average Bonchev–Trinajstić information content (AvgIpc) is 2.95. The number of hydrogen-bond donors (Lipinski definition) is 1. The highest BCUT2D eigenvalue weighted by Gasteiger charge is 2.26. The molecule has 1 unspecified atom stereocenters. The zero-order valence-corrected chi connectivity index (χ0v) is 10.7. The summed E-state index contributed by atoms with van der Waals surface area (Å²) in [5.74, 6) is 1.41. The molecule has 2 N–H and O–H groups in total. The van der Waals surface area contributed by atoms with Gasteiger partial charge in [-0.3, -0.25) is 0 Å². The highest BCUT2D eigenvalue weighted by atomic mass is 32.1. The van der Waals surface area contributed by atoms with Crippen molar-refractivity contribution >= 4 is 33.3 Å². The molecule has 90 valence electrons. The van der Waals surface area contributed by atoms with E-state index in [1.54, 1.807) is 11.3 Å². The third-order valence-corrected chi connectivity index (χ3v) is 4.25. The molecule has 1 fully saturated rings. The van der Waals surface area contributed by atoms with E-state index in [4.69, 9.17) is 5.73 Å². The van der Waals surface area contributed by atoms with Gasteiger partial charge in [-0.15, -0.1) is 11.3 Å². The predicted octanol–water partition coefficient (Wildman–Crippen LogP) is 2.65. The zero-order chi connectivity index (χ0) is 11.8. The Morgan fingerprint density at radius 3 is 3.24 bits per heavy atom. The lowest BCUT2D eigenvalue weighted by Crippen LogP contribution is -2.29. The molecule has 17 heavy (non-hydrogen) atoms. The second kappa shape index (κ2) is 4.14. The van der Waals surface area contributed by atoms with E-state index in [-0.39, 0.29) is 0 Å². The van der Waals surface area contributed by atoms with Crippen LogP contribution in [0.5, 0.6) is 0 Å². The van der Waals surface area contributed by atoms with Crippen molar-refractivity contribution in [1.82, 2.24) is 9.97 Å². The van der Waals surface area contributed by atoms with Gasteiger partial charge in [0.15, 0.2) is 0 Å². The summed E-state index contributed by atoms with van der Waals surface area (Å²) >= 11 is 1.63. The summed E-state index contributed by atoms with van der Waals surface area (Å²) in [5, 5.41) is 3.20. The molecule has 0 aliphatic carbocycles. The maximum atomic E-state index is 5.80. The van der Waals surface area contributed by atoms with Gasteiger partial charge in [0, 0.05) is 12.6 Å². The predicted molar refractivity (Wildman–Crippen MR) is 72.5 cm³/mol. The fraction of sp³-hybridized carbons (Fsp3) is 0.500. The van der Waals surface area contributed by atoms with Crippen molar-refractivity contribution in [1.29, 1.82) is 0 Å². The van der Waals surface area contributed by atoms with Crippen molar-refractivity contribution in [3.8, 4) is 0 Å². The Morgan fingerprint density at radius 2 is 2.41 bits per heavy atom. The largest absolute Gasteiger partial charge is 0.368 e. The van der Waals surface area contributed by atoms with Crippen LogP contribution in [0.2, 0.25) is 0 Å². The Balaban J connectivity index is 2.12. The molecule has 0 bridgehead atoms. The van der Waals surface area contributed by atoms with E-state index in [2.05, 4.69) is 33.2 Å². The monoisotopic (exact) mass is 248 g/mol. The third-order valence-electron chi connectivity index (χ3n) is 3.44. The second-order valence-corrected chi connectivity index (χ2v) is 5.34. The Bertz CT molecular complexity index is 536. The van der Waals surface area contributed by atoms with Crippen molar-refractivity contribution in [3.05, 3.63) is 11.4 Å². The molecule has 0 radical (unpaired) electrons. The quantitative estimate of drug-likeness (QED) is 0.887. The standard InChI is InChI=1S/C12H16N4S/c1-2-8-4-3-6-16(8)10-9-5-7-17-11(9)15-12(13)14-10/h5,7-8H,2-4,6H2,1H3,(H2,13,14,15). The van der Waals surface area contributed by atoms with Gasteiger partial charge in [0.25, 0.3) is 0 Å². The minimum absolute atomic E-state index is 0.386. The van der Waals surface area contributed by atoms with Crippen LogP contribution in [0.15, 0.2) is 11.4 Å². The first-order chi connectivity index (χ1) is 8.29. The van der Waals surface area contributed by atoms with Crippen LogP contribution in [0.25, 0.3) is 10.2 Å². The van der Waals surface area contributed by atoms with Crippen molar-refractivity contribution < 1.29 is 0 Å². The lowest BCUT2D eigenvalue weighted by molar-refractivity contribution is 0.642. The summed E-state index contributed by atoms with van der Waals surface area (Å²) in [6.07, 6.45) is 3.66. The average molecular weight is 248 g/mol. The molecule has 0 amide bonds. The number of thiophene rings is 1. The van der Waals surface area contributed by atoms with Gasteiger partial charge in [-0.2, -0.15) is 4.98 Å². The molecule has 5 heteroatoms. The molecule has 1 atom stereocenters. The molecule has 3 rings (SSSR count). The molecular formula is C12H16N4S. The van der Waals surface area contributed by atoms with Gasteiger partial charge in [0.05, 0.1) is 5.39 Å². The van der Waals surface area contributed by atoms with Gasteiger partial charge in [-0.25, -0.2) is 4.98 Å². The summed E-state index contributed by atoms with van der Waals surface area (Å²) in [4.78, 5) is 12.1. The Kier molecular flexibility index (Phi) is 2.63. The molecule has 0 aromatic carbocycles. The first-order valence-corrected chi connectivity index (χ1v) is 6.95. The van der Waals surface area contributed by atoms with Crippen LogP contribution in [-0.4, -0.2) is 22.6 Å². The zero-order valence-electron chi connectivity index (χ0n) is 9.89. The molecular weight excluding hydrogens is 232 g/mol. The van der Waals surface area contributed by atoms with E-state index >= 15 is 0 Å². The highest BCUT2D eigenvalue weighted by molar-refractivity contribution is 7.16. The summed E-state index contributed by atoms with van der Waals surface area (Å²) in [6, 6.07) is 2.70. The van der Waals surface area contributed by atoms with E-state index in [9.17, 15) is 0 Å². The summed E-state index contributed by atoms with van der Waals surface area (Å²) in [6.45, 7) is 3.32. The van der Waals surface area contributed by atoms with E-state index < -0.39 is 0 Å². The van der Waals surface area contributed by atoms with E-state index in [1.165, 1.54) is 12.8 Å². The molecule has 2 aromatic heterocycles. The fourth-order valence-electron chi connectivity index (χ4n) is 2.61. The molecule has 2 aromatic rings. The van der Waals surface area contributed by atoms with Crippen LogP contribution in [0.4, 0.5) is 11.8 Å². The lowest BCUT2D eigenvalue weighted by Gasteiger charge is -2.25. The van der Waals surface area contributed by atoms with Crippen molar-refractivity contribution in [2.75, 3.05) is 17.2 Å². The fourth-order valence-corrected chi connectivity index (χ4v) is 3.38. The van der Waals surface area contributed by atoms with E-state index in [1.807, 2.05) is 0 Å². The van der Waals surface area contributed by atoms with Crippen molar-refractivity contribution in [2.24, 2.45) is 0 Å². The number of anilines is 2. The number of nitrogen functional groups attached to an aromatic ring is 1. The Labute approximate surface area is 104 Å². The summed E-state index contributed by atoms with van der Waals surface area (Å²) in [7, 11) is 0. The van der Waals surface area contributed by atoms with Crippen LogP contribution in [-0.2, 0) is 0 Å². The van der Waals surface area contributed by atoms with Gasteiger partial charge < -0.3 is 10.6 Å². The van der Waals surface area contributed by atoms with Crippen LogP contribution >= 0.6 is 11.3 Å². The normalized spacial score (nSPS) is 20.3. The topological polar surface area (TPSA) is 55.0 Å². The summed E-state index contributed by atoms with van der Waals surface area (Å²) in [5.41, 5.74) is 5.80. The molecule has 0 spiro atoms. The highest BCUT2D eigenvalue weighted by Crippen LogP contribution is 2.33. The first kappa shape index (κ1) is 10.8. The van der Waals surface area contributed by atoms with Gasteiger partial charge >= 0.3 is 0 Å². The van der Waals surface area contributed by atoms with E-state index in [0.717, 1.165) is 29.0 Å². The molecule has 1 aliphatic rings.